The normalized spacial score (nSPS) is 13.3. The quantitative estimate of drug-likeness (QED) is 0.437. The molecule has 3 amide bonds. The summed E-state index contributed by atoms with van der Waals surface area (Å²) in [5, 5.41) is 14.9. The predicted molar refractivity (Wildman–Crippen MR) is 126 cm³/mol. The molecule has 0 fully saturated rings. The van der Waals surface area contributed by atoms with Crippen molar-refractivity contribution >= 4 is 23.9 Å². The zero-order valence-electron chi connectivity index (χ0n) is 21.0. The van der Waals surface area contributed by atoms with Crippen LogP contribution in [0, 0.1) is 0 Å². The molecular formula is C24H37N3O7. The summed E-state index contributed by atoms with van der Waals surface area (Å²) < 4.78 is 9.81. The van der Waals surface area contributed by atoms with Crippen molar-refractivity contribution in [3.05, 3.63) is 35.9 Å². The monoisotopic (exact) mass is 479 g/mol. The highest BCUT2D eigenvalue weighted by Gasteiger charge is 2.43. The number of amides is 3. The molecule has 0 heterocycles. The Balaban J connectivity index is 3.45. The van der Waals surface area contributed by atoms with Crippen LogP contribution in [-0.2, 0) is 23.9 Å². The van der Waals surface area contributed by atoms with Crippen LogP contribution in [0.4, 0.5) is 4.79 Å². The molecule has 0 bridgehead atoms. The maximum absolute atomic E-state index is 13.7. The number of hydrogen-bond donors (Lipinski definition) is 3. The first kappa shape index (κ1) is 28.9. The summed E-state index contributed by atoms with van der Waals surface area (Å²) in [5.41, 5.74) is -1.19. The average molecular weight is 480 g/mol. The molecule has 1 aromatic rings. The van der Waals surface area contributed by atoms with Gasteiger partial charge in [0.2, 0.25) is 11.8 Å². The molecule has 0 saturated heterocycles. The van der Waals surface area contributed by atoms with Gasteiger partial charge in [0.1, 0.15) is 24.2 Å². The summed E-state index contributed by atoms with van der Waals surface area (Å²) in [7, 11) is 1.20. The molecule has 0 aliphatic carbocycles. The number of benzene rings is 1. The van der Waals surface area contributed by atoms with Crippen LogP contribution < -0.4 is 10.6 Å². The summed E-state index contributed by atoms with van der Waals surface area (Å²) in [6, 6.07) is 6.07. The number of ether oxygens (including phenoxy) is 2. The Bertz CT molecular complexity index is 850. The van der Waals surface area contributed by atoms with Crippen LogP contribution in [0.2, 0.25) is 0 Å². The lowest BCUT2D eigenvalue weighted by Crippen LogP contribution is -2.60. The minimum atomic E-state index is -1.36. The fourth-order valence-corrected chi connectivity index (χ4v) is 3.13. The third-order valence-corrected chi connectivity index (χ3v) is 5.18. The van der Waals surface area contributed by atoms with Crippen molar-refractivity contribution in [1.29, 1.82) is 0 Å². The second-order valence-corrected chi connectivity index (χ2v) is 9.36. The first-order valence-corrected chi connectivity index (χ1v) is 11.1. The molecule has 1 rings (SSSR count). The molecule has 10 nitrogen and oxygen atoms in total. The second kappa shape index (κ2) is 12.4. The lowest BCUT2D eigenvalue weighted by atomic mass is 9.92. The van der Waals surface area contributed by atoms with Crippen molar-refractivity contribution in [1.82, 2.24) is 15.5 Å². The van der Waals surface area contributed by atoms with Crippen molar-refractivity contribution in [3.63, 3.8) is 0 Å². The van der Waals surface area contributed by atoms with Crippen molar-refractivity contribution in [3.8, 4) is 0 Å². The number of aliphatic hydroxyl groups is 1. The minimum Gasteiger partial charge on any atom is -0.468 e. The van der Waals surface area contributed by atoms with Gasteiger partial charge in [-0.2, -0.15) is 0 Å². The van der Waals surface area contributed by atoms with Crippen molar-refractivity contribution < 1.29 is 33.8 Å². The van der Waals surface area contributed by atoms with Gasteiger partial charge in [-0.05, 0) is 46.6 Å². The number of methoxy groups -OCH3 is 1. The number of carbonyl (C=O) groups excluding carboxylic acids is 4. The fourth-order valence-electron chi connectivity index (χ4n) is 3.13. The number of esters is 1. The van der Waals surface area contributed by atoms with Crippen molar-refractivity contribution in [2.45, 2.75) is 71.2 Å². The molecule has 3 N–H and O–H groups in total. The highest BCUT2D eigenvalue weighted by molar-refractivity contribution is 5.93. The Morgan fingerprint density at radius 3 is 2.12 bits per heavy atom. The van der Waals surface area contributed by atoms with Crippen LogP contribution in [0.25, 0.3) is 0 Å². The summed E-state index contributed by atoms with van der Waals surface area (Å²) in [5.74, 6) is -1.93. The van der Waals surface area contributed by atoms with Gasteiger partial charge < -0.3 is 30.1 Å². The topological polar surface area (TPSA) is 134 Å². The van der Waals surface area contributed by atoms with Crippen LogP contribution in [0.3, 0.4) is 0 Å². The summed E-state index contributed by atoms with van der Waals surface area (Å²) in [6.45, 7) is 9.33. The van der Waals surface area contributed by atoms with Gasteiger partial charge in [0.25, 0.3) is 0 Å². The molecule has 1 aromatic carbocycles. The number of nitrogens with zero attached hydrogens (tertiary/aromatic N) is 1. The maximum atomic E-state index is 13.7. The molecule has 190 valence electrons. The Kier molecular flexibility index (Phi) is 10.5. The van der Waals surface area contributed by atoms with Crippen molar-refractivity contribution in [2.75, 3.05) is 20.3 Å². The van der Waals surface area contributed by atoms with E-state index in [4.69, 9.17) is 4.74 Å². The molecule has 34 heavy (non-hydrogen) atoms. The van der Waals surface area contributed by atoms with Crippen LogP contribution in [0.1, 0.15) is 59.6 Å². The van der Waals surface area contributed by atoms with Crippen LogP contribution in [-0.4, -0.2) is 71.3 Å². The first-order chi connectivity index (χ1) is 15.8. The van der Waals surface area contributed by atoms with Gasteiger partial charge in [0.05, 0.1) is 13.7 Å². The third-order valence-electron chi connectivity index (χ3n) is 5.18. The highest BCUT2D eigenvalue weighted by Crippen LogP contribution is 2.32. The molecular weight excluding hydrogens is 442 g/mol. The van der Waals surface area contributed by atoms with Gasteiger partial charge in [0, 0.05) is 5.54 Å². The predicted octanol–water partition coefficient (Wildman–Crippen LogP) is 1.92. The first-order valence-electron chi connectivity index (χ1n) is 11.1. The molecule has 0 spiro atoms. The van der Waals surface area contributed by atoms with E-state index in [9.17, 15) is 24.3 Å². The zero-order valence-corrected chi connectivity index (χ0v) is 21.0. The van der Waals surface area contributed by atoms with E-state index in [-0.39, 0.29) is 6.54 Å². The molecule has 0 aliphatic rings. The number of aliphatic hydroxyl groups excluding tert-OH is 1. The Morgan fingerprint density at radius 1 is 1.06 bits per heavy atom. The van der Waals surface area contributed by atoms with Gasteiger partial charge in [-0.1, -0.05) is 37.3 Å². The molecule has 0 aliphatic heterocycles. The van der Waals surface area contributed by atoms with Gasteiger partial charge in [-0.3, -0.25) is 14.4 Å². The lowest BCUT2D eigenvalue weighted by molar-refractivity contribution is -0.150. The van der Waals surface area contributed by atoms with E-state index in [0.717, 1.165) is 0 Å². The molecule has 0 saturated carbocycles. The largest absolute Gasteiger partial charge is 0.468 e. The molecule has 2 atom stereocenters. The number of hydrogen-bond acceptors (Lipinski definition) is 7. The van der Waals surface area contributed by atoms with Gasteiger partial charge in [-0.25, -0.2) is 4.79 Å². The van der Waals surface area contributed by atoms with Gasteiger partial charge in [-0.15, -0.1) is 0 Å². The maximum Gasteiger partial charge on any atom is 0.408 e. The SMILES string of the molecule is CCC(C)(C)N(C(=O)C(CO)NC(=O)OC(C)(C)C)C(C(=O)NCC(=O)OC)c1ccccc1. The number of alkyl carbamates (subject to hydrolysis) is 1. The lowest BCUT2D eigenvalue weighted by Gasteiger charge is -2.44. The molecule has 2 unspecified atom stereocenters. The van der Waals surface area contributed by atoms with Crippen molar-refractivity contribution in [2.24, 2.45) is 0 Å². The molecule has 0 aromatic heterocycles. The summed E-state index contributed by atoms with van der Waals surface area (Å²) >= 11 is 0. The van der Waals surface area contributed by atoms with E-state index in [0.29, 0.717) is 12.0 Å². The number of rotatable bonds is 10. The van der Waals surface area contributed by atoms with Crippen LogP contribution >= 0.6 is 0 Å². The second-order valence-electron chi connectivity index (χ2n) is 9.36. The standard InChI is InChI=1S/C24H37N3O7/c1-8-24(5,6)27(21(31)17(15-28)26-22(32)34-23(2,3)4)19(16-12-10-9-11-13-16)20(30)25-14-18(29)33-7/h9-13,17,19,28H,8,14-15H2,1-7H3,(H,25,30)(H,26,32). The smallest absolute Gasteiger partial charge is 0.408 e. The molecule has 0 radical (unpaired) electrons. The van der Waals surface area contributed by atoms with E-state index in [1.165, 1.54) is 12.0 Å². The van der Waals surface area contributed by atoms with E-state index in [1.54, 1.807) is 65.0 Å². The zero-order chi connectivity index (χ0) is 26.1. The Labute approximate surface area is 201 Å². The average Bonchev–Trinajstić information content (AvgIpc) is 2.77. The third kappa shape index (κ3) is 8.33. The Morgan fingerprint density at radius 2 is 1.65 bits per heavy atom. The Hall–Kier alpha value is -3.14. The van der Waals surface area contributed by atoms with E-state index >= 15 is 0 Å². The summed E-state index contributed by atoms with van der Waals surface area (Å²) in [4.78, 5) is 52.3. The van der Waals surface area contributed by atoms with E-state index in [1.807, 2.05) is 6.92 Å². The number of nitrogens with one attached hydrogen (secondary N) is 2. The van der Waals surface area contributed by atoms with Gasteiger partial charge in [0.15, 0.2) is 0 Å². The van der Waals surface area contributed by atoms with Crippen LogP contribution in [0.5, 0.6) is 0 Å². The van der Waals surface area contributed by atoms with Crippen LogP contribution in [0.15, 0.2) is 30.3 Å². The van der Waals surface area contributed by atoms with E-state index < -0.39 is 53.7 Å². The number of carbonyl (C=O) groups is 4. The summed E-state index contributed by atoms with van der Waals surface area (Å²) in [6.07, 6.45) is -0.419. The van der Waals surface area contributed by atoms with Gasteiger partial charge >= 0.3 is 12.1 Å². The fraction of sp³-hybridized carbons (Fsp3) is 0.583. The highest BCUT2D eigenvalue weighted by atomic mass is 16.6. The molecule has 10 heteroatoms. The minimum absolute atomic E-state index is 0.382. The van der Waals surface area contributed by atoms with E-state index in [2.05, 4.69) is 15.4 Å².